The number of carbonyl (C=O) groups excluding carboxylic acids is 1. The molecule has 1 heterocycles. The van der Waals surface area contributed by atoms with E-state index in [-0.39, 0.29) is 5.97 Å². The molecule has 1 N–H and O–H groups in total. The van der Waals surface area contributed by atoms with Gasteiger partial charge in [0, 0.05) is 12.7 Å². The fourth-order valence-corrected chi connectivity index (χ4v) is 2.07. The van der Waals surface area contributed by atoms with Crippen molar-refractivity contribution in [1.82, 2.24) is 10.3 Å². The third-order valence-electron chi connectivity index (χ3n) is 2.54. The van der Waals surface area contributed by atoms with Gasteiger partial charge in [0.1, 0.15) is 0 Å². The zero-order valence-electron chi connectivity index (χ0n) is 10.9. The number of aromatic nitrogens is 1. The molecule has 0 spiro atoms. The van der Waals surface area contributed by atoms with Crippen LogP contribution in [0.25, 0.3) is 0 Å². The molecular weight excluding hydrogens is 248 g/mol. The monoisotopic (exact) mass is 268 g/mol. The zero-order valence-corrected chi connectivity index (χ0v) is 11.8. The maximum absolute atomic E-state index is 11.5. The number of hydrogen-bond acceptors (Lipinski definition) is 5. The summed E-state index contributed by atoms with van der Waals surface area (Å²) in [5.74, 6) is 0.862. The summed E-state index contributed by atoms with van der Waals surface area (Å²) in [5, 5.41) is 3.30. The van der Waals surface area contributed by atoms with Crippen molar-refractivity contribution in [1.29, 1.82) is 0 Å². The SMILES string of the molecule is COC(=O)c1cccnc1CNCCCCSC. The minimum atomic E-state index is -0.331. The molecule has 0 atom stereocenters. The summed E-state index contributed by atoms with van der Waals surface area (Å²) in [7, 11) is 1.38. The fourth-order valence-electron chi connectivity index (χ4n) is 1.58. The van der Waals surface area contributed by atoms with Gasteiger partial charge in [0.05, 0.1) is 18.4 Å². The van der Waals surface area contributed by atoms with Crippen molar-refractivity contribution >= 4 is 17.7 Å². The van der Waals surface area contributed by atoms with Crippen LogP contribution in [-0.2, 0) is 11.3 Å². The van der Waals surface area contributed by atoms with Crippen molar-refractivity contribution in [2.45, 2.75) is 19.4 Å². The maximum atomic E-state index is 11.5. The van der Waals surface area contributed by atoms with E-state index in [2.05, 4.69) is 16.6 Å². The van der Waals surface area contributed by atoms with Crippen LogP contribution in [0.1, 0.15) is 28.9 Å². The Balaban J connectivity index is 2.39. The van der Waals surface area contributed by atoms with E-state index in [4.69, 9.17) is 4.74 Å². The average Bonchev–Trinajstić information content (AvgIpc) is 2.42. The molecule has 0 aliphatic rings. The van der Waals surface area contributed by atoms with Crippen molar-refractivity contribution in [2.75, 3.05) is 25.7 Å². The first-order valence-corrected chi connectivity index (χ1v) is 7.41. The second-order valence-corrected chi connectivity index (χ2v) is 4.85. The number of carbonyl (C=O) groups is 1. The lowest BCUT2D eigenvalue weighted by atomic mass is 10.2. The highest BCUT2D eigenvalue weighted by molar-refractivity contribution is 7.98. The second kappa shape index (κ2) is 8.94. The minimum Gasteiger partial charge on any atom is -0.465 e. The first-order chi connectivity index (χ1) is 8.79. The Morgan fingerprint density at radius 3 is 3.06 bits per heavy atom. The molecule has 0 saturated carbocycles. The molecule has 0 aliphatic heterocycles. The predicted octanol–water partition coefficient (Wildman–Crippen LogP) is 2.10. The van der Waals surface area contributed by atoms with E-state index in [1.165, 1.54) is 19.3 Å². The topological polar surface area (TPSA) is 51.2 Å². The van der Waals surface area contributed by atoms with E-state index < -0.39 is 0 Å². The first-order valence-electron chi connectivity index (χ1n) is 6.01. The van der Waals surface area contributed by atoms with Gasteiger partial charge in [-0.2, -0.15) is 11.8 Å². The van der Waals surface area contributed by atoms with Crippen LogP contribution in [0, 0.1) is 0 Å². The normalized spacial score (nSPS) is 10.3. The number of unbranched alkanes of at least 4 members (excludes halogenated alkanes) is 1. The number of esters is 1. The molecule has 0 amide bonds. The Bertz CT molecular complexity index is 372. The summed E-state index contributed by atoms with van der Waals surface area (Å²) >= 11 is 1.86. The lowest BCUT2D eigenvalue weighted by molar-refractivity contribution is 0.0598. The highest BCUT2D eigenvalue weighted by Gasteiger charge is 2.11. The van der Waals surface area contributed by atoms with Crippen LogP contribution in [0.15, 0.2) is 18.3 Å². The molecule has 1 aromatic rings. The van der Waals surface area contributed by atoms with Crippen molar-refractivity contribution in [3.8, 4) is 0 Å². The van der Waals surface area contributed by atoms with E-state index in [1.807, 2.05) is 11.8 Å². The van der Waals surface area contributed by atoms with Crippen LogP contribution >= 0.6 is 11.8 Å². The Labute approximate surface area is 113 Å². The molecule has 100 valence electrons. The summed E-state index contributed by atoms with van der Waals surface area (Å²) in [6.45, 7) is 1.54. The summed E-state index contributed by atoms with van der Waals surface area (Å²) in [5.41, 5.74) is 1.28. The quantitative estimate of drug-likeness (QED) is 0.578. The molecule has 0 fully saturated rings. The van der Waals surface area contributed by atoms with E-state index in [0.717, 1.165) is 18.7 Å². The largest absolute Gasteiger partial charge is 0.465 e. The van der Waals surface area contributed by atoms with E-state index in [1.54, 1.807) is 18.3 Å². The highest BCUT2D eigenvalue weighted by atomic mass is 32.2. The Morgan fingerprint density at radius 2 is 2.33 bits per heavy atom. The zero-order chi connectivity index (χ0) is 13.2. The number of nitrogens with one attached hydrogen (secondary N) is 1. The number of rotatable bonds is 8. The molecule has 5 heteroatoms. The number of nitrogens with zero attached hydrogens (tertiary/aromatic N) is 1. The third kappa shape index (κ3) is 5.06. The number of ether oxygens (including phenoxy) is 1. The molecule has 0 bridgehead atoms. The van der Waals surface area contributed by atoms with Crippen LogP contribution in [0.3, 0.4) is 0 Å². The van der Waals surface area contributed by atoms with Crippen LogP contribution in [0.2, 0.25) is 0 Å². The number of methoxy groups -OCH3 is 1. The fraction of sp³-hybridized carbons (Fsp3) is 0.538. The van der Waals surface area contributed by atoms with E-state index in [0.29, 0.717) is 12.1 Å². The molecular formula is C13H20N2O2S. The number of pyridine rings is 1. The first kappa shape index (κ1) is 15.0. The summed E-state index contributed by atoms with van der Waals surface area (Å²) in [6, 6.07) is 3.48. The average molecular weight is 268 g/mol. The second-order valence-electron chi connectivity index (χ2n) is 3.87. The van der Waals surface area contributed by atoms with Gasteiger partial charge in [-0.1, -0.05) is 0 Å². The smallest absolute Gasteiger partial charge is 0.339 e. The maximum Gasteiger partial charge on any atom is 0.339 e. The molecule has 0 saturated heterocycles. The summed E-state index contributed by atoms with van der Waals surface area (Å²) < 4.78 is 4.73. The van der Waals surface area contributed by atoms with Crippen LogP contribution < -0.4 is 5.32 Å². The third-order valence-corrected chi connectivity index (χ3v) is 3.24. The minimum absolute atomic E-state index is 0.331. The van der Waals surface area contributed by atoms with Gasteiger partial charge in [0.15, 0.2) is 0 Å². The number of hydrogen-bond donors (Lipinski definition) is 1. The molecule has 0 aliphatic carbocycles. The van der Waals surface area contributed by atoms with Crippen LogP contribution in [0.4, 0.5) is 0 Å². The van der Waals surface area contributed by atoms with Crippen molar-refractivity contribution in [3.63, 3.8) is 0 Å². The Kier molecular flexibility index (Phi) is 7.44. The molecule has 0 aromatic carbocycles. The standard InChI is InChI=1S/C13H20N2O2S/c1-17-13(16)11-6-5-8-15-12(11)10-14-7-3-4-9-18-2/h5-6,8,14H,3-4,7,9-10H2,1-2H3. The van der Waals surface area contributed by atoms with Gasteiger partial charge in [-0.3, -0.25) is 4.98 Å². The molecule has 4 nitrogen and oxygen atoms in total. The van der Waals surface area contributed by atoms with Crippen LogP contribution in [0.5, 0.6) is 0 Å². The molecule has 1 rings (SSSR count). The lowest BCUT2D eigenvalue weighted by Gasteiger charge is -2.07. The number of thioether (sulfide) groups is 1. The van der Waals surface area contributed by atoms with E-state index >= 15 is 0 Å². The lowest BCUT2D eigenvalue weighted by Crippen LogP contribution is -2.18. The molecule has 0 radical (unpaired) electrons. The van der Waals surface area contributed by atoms with Gasteiger partial charge < -0.3 is 10.1 Å². The molecule has 0 unspecified atom stereocenters. The van der Waals surface area contributed by atoms with Crippen molar-refractivity contribution < 1.29 is 9.53 Å². The molecule has 1 aromatic heterocycles. The van der Waals surface area contributed by atoms with Gasteiger partial charge in [-0.15, -0.1) is 0 Å². The van der Waals surface area contributed by atoms with Gasteiger partial charge in [-0.05, 0) is 43.5 Å². The van der Waals surface area contributed by atoms with Gasteiger partial charge in [-0.25, -0.2) is 4.79 Å². The van der Waals surface area contributed by atoms with E-state index in [9.17, 15) is 4.79 Å². The van der Waals surface area contributed by atoms with Crippen molar-refractivity contribution in [2.24, 2.45) is 0 Å². The van der Waals surface area contributed by atoms with Gasteiger partial charge in [0.2, 0.25) is 0 Å². The Morgan fingerprint density at radius 1 is 1.50 bits per heavy atom. The molecule has 18 heavy (non-hydrogen) atoms. The van der Waals surface area contributed by atoms with Gasteiger partial charge in [0.25, 0.3) is 0 Å². The Hall–Kier alpha value is -1.07. The highest BCUT2D eigenvalue weighted by Crippen LogP contribution is 2.06. The summed E-state index contributed by atoms with van der Waals surface area (Å²) in [4.78, 5) is 15.7. The van der Waals surface area contributed by atoms with Gasteiger partial charge >= 0.3 is 5.97 Å². The van der Waals surface area contributed by atoms with Crippen LogP contribution in [-0.4, -0.2) is 36.6 Å². The van der Waals surface area contributed by atoms with Crippen molar-refractivity contribution in [3.05, 3.63) is 29.6 Å². The predicted molar refractivity (Wildman–Crippen MR) is 74.9 cm³/mol. The summed E-state index contributed by atoms with van der Waals surface area (Å²) in [6.07, 6.45) is 6.16.